The SMILES string of the molecule is C=CCOC(=O)c1csc(-c2cccc(Cl)c2)n1. The summed E-state index contributed by atoms with van der Waals surface area (Å²) >= 11 is 7.28. The van der Waals surface area contributed by atoms with Crippen LogP contribution in [0.1, 0.15) is 10.5 Å². The van der Waals surface area contributed by atoms with E-state index in [0.29, 0.717) is 10.7 Å². The molecular formula is C13H10ClNO2S. The van der Waals surface area contributed by atoms with Crippen LogP contribution < -0.4 is 0 Å². The molecule has 0 unspecified atom stereocenters. The van der Waals surface area contributed by atoms with Gasteiger partial charge in [0.25, 0.3) is 0 Å². The number of nitrogens with zero attached hydrogens (tertiary/aromatic N) is 1. The van der Waals surface area contributed by atoms with Gasteiger partial charge >= 0.3 is 5.97 Å². The highest BCUT2D eigenvalue weighted by molar-refractivity contribution is 7.13. The maximum Gasteiger partial charge on any atom is 0.358 e. The van der Waals surface area contributed by atoms with Crippen LogP contribution >= 0.6 is 22.9 Å². The number of hydrogen-bond donors (Lipinski definition) is 0. The summed E-state index contributed by atoms with van der Waals surface area (Å²) in [5.74, 6) is -0.445. The minimum absolute atomic E-state index is 0.183. The lowest BCUT2D eigenvalue weighted by molar-refractivity contribution is 0.0544. The van der Waals surface area contributed by atoms with Crippen molar-refractivity contribution in [3.8, 4) is 10.6 Å². The summed E-state index contributed by atoms with van der Waals surface area (Å²) in [4.78, 5) is 15.8. The zero-order valence-corrected chi connectivity index (χ0v) is 11.0. The highest BCUT2D eigenvalue weighted by Crippen LogP contribution is 2.26. The van der Waals surface area contributed by atoms with Crippen molar-refractivity contribution in [2.45, 2.75) is 0 Å². The molecule has 5 heteroatoms. The Labute approximate surface area is 114 Å². The first-order chi connectivity index (χ1) is 8.70. The standard InChI is InChI=1S/C13H10ClNO2S/c1-2-6-17-13(16)11-8-18-12(15-11)9-4-3-5-10(14)7-9/h2-5,7-8H,1,6H2. The van der Waals surface area contributed by atoms with Crippen molar-refractivity contribution in [3.05, 3.63) is 53.0 Å². The van der Waals surface area contributed by atoms with Gasteiger partial charge in [0.2, 0.25) is 0 Å². The molecular weight excluding hydrogens is 270 g/mol. The maximum absolute atomic E-state index is 11.6. The lowest BCUT2D eigenvalue weighted by Gasteiger charge is -1.98. The molecule has 2 rings (SSSR count). The number of carbonyl (C=O) groups excluding carboxylic acids is 1. The molecule has 92 valence electrons. The van der Waals surface area contributed by atoms with Gasteiger partial charge in [0, 0.05) is 16.0 Å². The summed E-state index contributed by atoms with van der Waals surface area (Å²) in [6.07, 6.45) is 1.52. The molecule has 1 heterocycles. The summed E-state index contributed by atoms with van der Waals surface area (Å²) in [5.41, 5.74) is 1.19. The Balaban J connectivity index is 2.20. The fourth-order valence-electron chi connectivity index (χ4n) is 1.33. The van der Waals surface area contributed by atoms with Crippen molar-refractivity contribution in [1.29, 1.82) is 0 Å². The number of carbonyl (C=O) groups is 1. The molecule has 0 radical (unpaired) electrons. The Hall–Kier alpha value is -1.65. The zero-order valence-electron chi connectivity index (χ0n) is 9.43. The smallest absolute Gasteiger partial charge is 0.358 e. The highest BCUT2D eigenvalue weighted by Gasteiger charge is 2.12. The fraction of sp³-hybridized carbons (Fsp3) is 0.0769. The number of ether oxygens (including phenoxy) is 1. The molecule has 1 aromatic carbocycles. The zero-order chi connectivity index (χ0) is 13.0. The maximum atomic E-state index is 11.6. The average Bonchev–Trinajstić information content (AvgIpc) is 2.85. The van der Waals surface area contributed by atoms with Gasteiger partial charge in [-0.15, -0.1) is 11.3 Å². The van der Waals surface area contributed by atoms with Crippen LogP contribution in [0.2, 0.25) is 5.02 Å². The first-order valence-corrected chi connectivity index (χ1v) is 6.46. The van der Waals surface area contributed by atoms with Crippen molar-refractivity contribution in [3.63, 3.8) is 0 Å². The number of rotatable bonds is 4. The van der Waals surface area contributed by atoms with Gasteiger partial charge in [0.1, 0.15) is 11.6 Å². The molecule has 2 aromatic rings. The van der Waals surface area contributed by atoms with E-state index in [1.165, 1.54) is 17.4 Å². The van der Waals surface area contributed by atoms with Gasteiger partial charge in [-0.25, -0.2) is 9.78 Å². The Kier molecular flexibility index (Phi) is 4.12. The second-order valence-electron chi connectivity index (χ2n) is 3.44. The van der Waals surface area contributed by atoms with Crippen molar-refractivity contribution in [1.82, 2.24) is 4.98 Å². The molecule has 0 bridgehead atoms. The van der Waals surface area contributed by atoms with E-state index in [1.807, 2.05) is 12.1 Å². The van der Waals surface area contributed by atoms with Gasteiger partial charge in [-0.2, -0.15) is 0 Å². The van der Waals surface area contributed by atoms with Gasteiger partial charge in [0.05, 0.1) is 0 Å². The second kappa shape index (κ2) is 5.80. The Morgan fingerprint density at radius 3 is 3.11 bits per heavy atom. The van der Waals surface area contributed by atoms with Crippen LogP contribution in [0.5, 0.6) is 0 Å². The largest absolute Gasteiger partial charge is 0.457 e. The van der Waals surface area contributed by atoms with Crippen LogP contribution in [-0.4, -0.2) is 17.6 Å². The molecule has 0 aliphatic rings. The van der Waals surface area contributed by atoms with Crippen LogP contribution in [0.3, 0.4) is 0 Å². The predicted molar refractivity (Wildman–Crippen MR) is 73.0 cm³/mol. The van der Waals surface area contributed by atoms with Crippen molar-refractivity contribution >= 4 is 28.9 Å². The van der Waals surface area contributed by atoms with E-state index >= 15 is 0 Å². The van der Waals surface area contributed by atoms with Crippen LogP contribution in [0.25, 0.3) is 10.6 Å². The monoisotopic (exact) mass is 279 g/mol. The van der Waals surface area contributed by atoms with E-state index in [2.05, 4.69) is 11.6 Å². The van der Waals surface area contributed by atoms with Gasteiger partial charge in [-0.05, 0) is 12.1 Å². The van der Waals surface area contributed by atoms with E-state index in [9.17, 15) is 4.79 Å². The minimum atomic E-state index is -0.445. The van der Waals surface area contributed by atoms with Gasteiger partial charge in [-0.1, -0.05) is 36.4 Å². The molecule has 0 saturated heterocycles. The highest BCUT2D eigenvalue weighted by atomic mass is 35.5. The average molecular weight is 280 g/mol. The molecule has 0 atom stereocenters. The lowest BCUT2D eigenvalue weighted by atomic mass is 10.2. The summed E-state index contributed by atoms with van der Waals surface area (Å²) in [7, 11) is 0. The van der Waals surface area contributed by atoms with Crippen molar-refractivity contribution < 1.29 is 9.53 Å². The van der Waals surface area contributed by atoms with Gasteiger partial charge < -0.3 is 4.74 Å². The van der Waals surface area contributed by atoms with Crippen LogP contribution in [0, 0.1) is 0 Å². The minimum Gasteiger partial charge on any atom is -0.457 e. The number of benzene rings is 1. The molecule has 18 heavy (non-hydrogen) atoms. The summed E-state index contributed by atoms with van der Waals surface area (Å²) in [6, 6.07) is 7.33. The Morgan fingerprint density at radius 2 is 2.39 bits per heavy atom. The summed E-state index contributed by atoms with van der Waals surface area (Å²) < 4.78 is 4.91. The topological polar surface area (TPSA) is 39.2 Å². The predicted octanol–water partition coefficient (Wildman–Crippen LogP) is 3.81. The molecule has 0 aliphatic carbocycles. The van der Waals surface area contributed by atoms with Crippen molar-refractivity contribution in [2.24, 2.45) is 0 Å². The molecule has 0 spiro atoms. The molecule has 3 nitrogen and oxygen atoms in total. The number of hydrogen-bond acceptors (Lipinski definition) is 4. The summed E-state index contributed by atoms with van der Waals surface area (Å²) in [6.45, 7) is 3.66. The van der Waals surface area contributed by atoms with Crippen LogP contribution in [-0.2, 0) is 4.74 Å². The first kappa shape index (κ1) is 12.8. The fourth-order valence-corrected chi connectivity index (χ4v) is 2.31. The number of aromatic nitrogens is 1. The van der Waals surface area contributed by atoms with E-state index < -0.39 is 5.97 Å². The molecule has 0 amide bonds. The van der Waals surface area contributed by atoms with E-state index in [4.69, 9.17) is 16.3 Å². The van der Waals surface area contributed by atoms with E-state index in [0.717, 1.165) is 10.6 Å². The summed E-state index contributed by atoms with van der Waals surface area (Å²) in [5, 5.41) is 3.04. The number of halogens is 1. The molecule has 0 aliphatic heterocycles. The Morgan fingerprint density at radius 1 is 1.56 bits per heavy atom. The molecule has 0 saturated carbocycles. The van der Waals surface area contributed by atoms with Crippen LogP contribution in [0.4, 0.5) is 0 Å². The molecule has 1 aromatic heterocycles. The normalized spacial score (nSPS) is 10.1. The number of thiazole rings is 1. The van der Waals surface area contributed by atoms with E-state index in [-0.39, 0.29) is 6.61 Å². The van der Waals surface area contributed by atoms with E-state index in [1.54, 1.807) is 17.5 Å². The van der Waals surface area contributed by atoms with Crippen LogP contribution in [0.15, 0.2) is 42.3 Å². The third-order valence-electron chi connectivity index (χ3n) is 2.12. The second-order valence-corrected chi connectivity index (χ2v) is 4.73. The van der Waals surface area contributed by atoms with Gasteiger partial charge in [0.15, 0.2) is 5.69 Å². The molecule has 0 N–H and O–H groups in total. The third kappa shape index (κ3) is 2.97. The van der Waals surface area contributed by atoms with Gasteiger partial charge in [-0.3, -0.25) is 0 Å². The Bertz CT molecular complexity index is 580. The quantitative estimate of drug-likeness (QED) is 0.631. The van der Waals surface area contributed by atoms with Crippen molar-refractivity contribution in [2.75, 3.05) is 6.61 Å². The molecule has 0 fully saturated rings. The lowest BCUT2D eigenvalue weighted by Crippen LogP contribution is -2.05. The third-order valence-corrected chi connectivity index (χ3v) is 3.24. The number of esters is 1. The first-order valence-electron chi connectivity index (χ1n) is 5.20.